The van der Waals surface area contributed by atoms with Gasteiger partial charge in [-0.25, -0.2) is 0 Å². The Labute approximate surface area is 81.0 Å². The Morgan fingerprint density at radius 3 is 2.50 bits per heavy atom. The second kappa shape index (κ2) is 3.98. The van der Waals surface area contributed by atoms with Gasteiger partial charge in [-0.2, -0.15) is 13.2 Å². The first-order valence-electron chi connectivity index (χ1n) is 4.37. The Morgan fingerprint density at radius 2 is 2.00 bits per heavy atom. The van der Waals surface area contributed by atoms with E-state index in [-0.39, 0.29) is 6.42 Å². The topological polar surface area (TPSA) is 12.4 Å². The van der Waals surface area contributed by atoms with Crippen LogP contribution in [0.25, 0.3) is 0 Å². The largest absolute Gasteiger partial charge is 0.412 e. The average molecular weight is 203 g/mol. The van der Waals surface area contributed by atoms with E-state index in [0.29, 0.717) is 12.1 Å². The van der Waals surface area contributed by atoms with Gasteiger partial charge >= 0.3 is 6.18 Å². The van der Waals surface area contributed by atoms with E-state index in [2.05, 4.69) is 4.99 Å². The molecule has 1 aliphatic rings. The molecule has 0 amide bonds. The average Bonchev–Trinajstić information content (AvgIpc) is 2.25. The summed E-state index contributed by atoms with van der Waals surface area (Å²) in [5.74, 6) is 0. The van der Waals surface area contributed by atoms with Gasteiger partial charge in [0.25, 0.3) is 0 Å². The predicted octanol–water partition coefficient (Wildman–Crippen LogP) is 3.29. The third-order valence-electron chi connectivity index (χ3n) is 2.18. The summed E-state index contributed by atoms with van der Waals surface area (Å²) >= 11 is 0. The third-order valence-corrected chi connectivity index (χ3v) is 2.18. The highest BCUT2D eigenvalue weighted by molar-refractivity contribution is 6.08. The molecule has 0 heterocycles. The lowest BCUT2D eigenvalue weighted by molar-refractivity contribution is -0.0937. The molecule has 0 aliphatic heterocycles. The van der Waals surface area contributed by atoms with Crippen LogP contribution >= 0.6 is 0 Å². The molecule has 4 heteroatoms. The smallest absolute Gasteiger partial charge is 0.288 e. The fraction of sp³-hybridized carbons (Fsp3) is 0.500. The molecule has 0 bridgehead atoms. The Morgan fingerprint density at radius 1 is 1.36 bits per heavy atom. The Hall–Kier alpha value is -1.06. The fourth-order valence-corrected chi connectivity index (χ4v) is 1.36. The van der Waals surface area contributed by atoms with Crippen molar-refractivity contribution in [3.05, 3.63) is 23.3 Å². The molecular formula is C10H12F3N. The maximum Gasteiger partial charge on any atom is 0.412 e. The molecule has 0 atom stereocenters. The molecule has 1 rings (SSSR count). The summed E-state index contributed by atoms with van der Waals surface area (Å²) in [6, 6.07) is 0. The normalized spacial score (nSPS) is 21.6. The van der Waals surface area contributed by atoms with Gasteiger partial charge in [0.15, 0.2) is 0 Å². The number of nitrogens with zero attached hydrogens (tertiary/aromatic N) is 1. The molecule has 1 nitrogen and oxygen atoms in total. The van der Waals surface area contributed by atoms with Crippen molar-refractivity contribution in [2.24, 2.45) is 4.99 Å². The second-order valence-electron chi connectivity index (χ2n) is 3.20. The molecule has 78 valence electrons. The van der Waals surface area contributed by atoms with Crippen molar-refractivity contribution in [1.29, 1.82) is 0 Å². The van der Waals surface area contributed by atoms with E-state index in [1.165, 1.54) is 7.05 Å². The first-order valence-corrected chi connectivity index (χ1v) is 4.37. The predicted molar refractivity (Wildman–Crippen MR) is 50.5 cm³/mol. The van der Waals surface area contributed by atoms with Gasteiger partial charge in [0, 0.05) is 12.6 Å². The minimum atomic E-state index is -4.23. The van der Waals surface area contributed by atoms with Gasteiger partial charge in [-0.05, 0) is 31.4 Å². The maximum atomic E-state index is 12.4. The minimum absolute atomic E-state index is 0.0415. The van der Waals surface area contributed by atoms with E-state index in [9.17, 15) is 13.2 Å². The Balaban J connectivity index is 3.04. The highest BCUT2D eigenvalue weighted by Gasteiger charge is 2.33. The maximum absolute atomic E-state index is 12.4. The van der Waals surface area contributed by atoms with Crippen LogP contribution in [-0.2, 0) is 0 Å². The van der Waals surface area contributed by atoms with E-state index in [4.69, 9.17) is 0 Å². The lowest BCUT2D eigenvalue weighted by atomic mass is 10.1. The molecule has 0 aromatic heterocycles. The summed E-state index contributed by atoms with van der Waals surface area (Å²) in [7, 11) is 1.50. The van der Waals surface area contributed by atoms with Gasteiger partial charge in [-0.1, -0.05) is 6.08 Å². The van der Waals surface area contributed by atoms with E-state index in [1.807, 2.05) is 0 Å². The van der Waals surface area contributed by atoms with Gasteiger partial charge in [0.2, 0.25) is 0 Å². The van der Waals surface area contributed by atoms with Crippen molar-refractivity contribution in [2.45, 2.75) is 25.9 Å². The van der Waals surface area contributed by atoms with Gasteiger partial charge < -0.3 is 0 Å². The van der Waals surface area contributed by atoms with Crippen LogP contribution in [0.5, 0.6) is 0 Å². The Kier molecular flexibility index (Phi) is 3.13. The summed E-state index contributed by atoms with van der Waals surface area (Å²) in [6.07, 6.45) is -0.832. The number of alkyl halides is 3. The van der Waals surface area contributed by atoms with E-state index in [1.54, 1.807) is 13.0 Å². The highest BCUT2D eigenvalue weighted by atomic mass is 19.4. The number of rotatable bonds is 0. The SMILES string of the molecule is CN=C1C=C(C(F)(F)F)CCC=C1C. The molecule has 1 aliphatic carbocycles. The Bertz CT molecular complexity index is 308. The second-order valence-corrected chi connectivity index (χ2v) is 3.20. The number of aliphatic imine (C=N–C) groups is 1. The number of halogens is 3. The van der Waals surface area contributed by atoms with Crippen molar-refractivity contribution >= 4 is 5.71 Å². The summed E-state index contributed by atoms with van der Waals surface area (Å²) in [5, 5.41) is 0. The van der Waals surface area contributed by atoms with E-state index in [0.717, 1.165) is 11.6 Å². The molecule has 0 spiro atoms. The van der Waals surface area contributed by atoms with Gasteiger partial charge in [-0.15, -0.1) is 0 Å². The quantitative estimate of drug-likeness (QED) is 0.573. The number of allylic oxidation sites excluding steroid dienone is 4. The summed E-state index contributed by atoms with van der Waals surface area (Å²) in [6.45, 7) is 1.78. The molecular weight excluding hydrogens is 191 g/mol. The standard InChI is InChI=1S/C10H12F3N/c1-7-4-3-5-8(10(11,12)13)6-9(7)14-2/h4,6H,3,5H2,1-2H3. The molecule has 14 heavy (non-hydrogen) atoms. The molecule has 0 N–H and O–H groups in total. The third kappa shape index (κ3) is 2.47. The molecule has 0 saturated carbocycles. The molecule has 0 fully saturated rings. The highest BCUT2D eigenvalue weighted by Crippen LogP contribution is 2.31. The first-order chi connectivity index (χ1) is 6.45. The zero-order chi connectivity index (χ0) is 10.8. The van der Waals surface area contributed by atoms with Gasteiger partial charge in [0.1, 0.15) is 0 Å². The van der Waals surface area contributed by atoms with Crippen LogP contribution in [0.2, 0.25) is 0 Å². The summed E-state index contributed by atoms with van der Waals surface area (Å²) in [5.41, 5.74) is 0.743. The van der Waals surface area contributed by atoms with Crippen LogP contribution in [-0.4, -0.2) is 18.9 Å². The van der Waals surface area contributed by atoms with Crippen molar-refractivity contribution in [3.8, 4) is 0 Å². The van der Waals surface area contributed by atoms with Crippen LogP contribution in [0, 0.1) is 0 Å². The summed E-state index contributed by atoms with van der Waals surface area (Å²) in [4.78, 5) is 3.82. The molecule has 0 aromatic rings. The molecule has 0 unspecified atom stereocenters. The van der Waals surface area contributed by atoms with E-state index >= 15 is 0 Å². The molecule has 0 saturated heterocycles. The van der Waals surface area contributed by atoms with Crippen LogP contribution < -0.4 is 0 Å². The minimum Gasteiger partial charge on any atom is -0.288 e. The van der Waals surface area contributed by atoms with Crippen LogP contribution in [0.15, 0.2) is 28.3 Å². The van der Waals surface area contributed by atoms with Crippen molar-refractivity contribution < 1.29 is 13.2 Å². The van der Waals surface area contributed by atoms with Crippen molar-refractivity contribution in [2.75, 3.05) is 7.05 Å². The van der Waals surface area contributed by atoms with Gasteiger partial charge in [0.05, 0.1) is 5.71 Å². The van der Waals surface area contributed by atoms with Gasteiger partial charge in [-0.3, -0.25) is 4.99 Å². The van der Waals surface area contributed by atoms with Crippen LogP contribution in [0.1, 0.15) is 19.8 Å². The fourth-order valence-electron chi connectivity index (χ4n) is 1.36. The lowest BCUT2D eigenvalue weighted by Gasteiger charge is -2.09. The summed E-state index contributed by atoms with van der Waals surface area (Å²) < 4.78 is 37.2. The zero-order valence-electron chi connectivity index (χ0n) is 8.15. The van der Waals surface area contributed by atoms with Crippen LogP contribution in [0.4, 0.5) is 13.2 Å². The molecule has 0 radical (unpaired) electrons. The zero-order valence-corrected chi connectivity index (χ0v) is 8.15. The monoisotopic (exact) mass is 203 g/mol. The molecule has 0 aromatic carbocycles. The number of hydrogen-bond acceptors (Lipinski definition) is 1. The van der Waals surface area contributed by atoms with Crippen molar-refractivity contribution in [1.82, 2.24) is 0 Å². The van der Waals surface area contributed by atoms with Crippen LogP contribution in [0.3, 0.4) is 0 Å². The van der Waals surface area contributed by atoms with Crippen molar-refractivity contribution in [3.63, 3.8) is 0 Å². The number of hydrogen-bond donors (Lipinski definition) is 0. The lowest BCUT2D eigenvalue weighted by Crippen LogP contribution is -2.12. The first kappa shape index (κ1) is 11.0. The van der Waals surface area contributed by atoms with E-state index < -0.39 is 11.7 Å².